The molecule has 24 heavy (non-hydrogen) atoms. The van der Waals surface area contributed by atoms with Gasteiger partial charge in [0.25, 0.3) is 0 Å². The number of nitrogens with zero attached hydrogens (tertiary/aromatic N) is 2. The second-order valence-corrected chi connectivity index (χ2v) is 5.72. The summed E-state index contributed by atoms with van der Waals surface area (Å²) in [7, 11) is 1.39. The second-order valence-electron chi connectivity index (χ2n) is 5.72. The second kappa shape index (κ2) is 9.27. The van der Waals surface area contributed by atoms with Crippen LogP contribution >= 0.6 is 0 Å². The van der Waals surface area contributed by atoms with E-state index in [1.54, 1.807) is 0 Å². The van der Waals surface area contributed by atoms with Gasteiger partial charge in [-0.3, -0.25) is 9.79 Å². The third kappa shape index (κ3) is 4.96. The van der Waals surface area contributed by atoms with Crippen molar-refractivity contribution in [2.45, 2.75) is 26.4 Å². The summed E-state index contributed by atoms with van der Waals surface area (Å²) in [5.74, 6) is 0.581. The van der Waals surface area contributed by atoms with E-state index in [-0.39, 0.29) is 18.5 Å². The molecule has 1 unspecified atom stereocenters. The molecule has 1 N–H and O–H groups in total. The molecular weight excluding hydrogens is 306 g/mol. The van der Waals surface area contributed by atoms with Crippen molar-refractivity contribution in [1.29, 1.82) is 0 Å². The number of esters is 1. The Labute approximate surface area is 143 Å². The molecule has 1 fully saturated rings. The van der Waals surface area contributed by atoms with Gasteiger partial charge in [0.05, 0.1) is 33.2 Å². The molecule has 0 saturated carbocycles. The van der Waals surface area contributed by atoms with Crippen molar-refractivity contribution >= 4 is 11.9 Å². The van der Waals surface area contributed by atoms with Gasteiger partial charge >= 0.3 is 5.97 Å². The molecule has 1 aromatic carbocycles. The third-order valence-electron chi connectivity index (χ3n) is 4.04. The van der Waals surface area contributed by atoms with E-state index in [9.17, 15) is 4.79 Å². The summed E-state index contributed by atoms with van der Waals surface area (Å²) in [5, 5.41) is 3.30. The minimum atomic E-state index is -0.241. The maximum absolute atomic E-state index is 11.3. The van der Waals surface area contributed by atoms with Gasteiger partial charge in [-0.15, -0.1) is 0 Å². The van der Waals surface area contributed by atoms with E-state index in [1.165, 1.54) is 18.2 Å². The van der Waals surface area contributed by atoms with Gasteiger partial charge in [-0.05, 0) is 25.0 Å². The number of benzene rings is 1. The number of aliphatic imine (C=N–C) groups is 1. The van der Waals surface area contributed by atoms with Gasteiger partial charge in [0.1, 0.15) is 6.10 Å². The fourth-order valence-electron chi connectivity index (χ4n) is 2.76. The summed E-state index contributed by atoms with van der Waals surface area (Å²) < 4.78 is 10.6. The zero-order valence-electron chi connectivity index (χ0n) is 14.7. The molecule has 1 aromatic rings. The average molecular weight is 333 g/mol. The first kappa shape index (κ1) is 18.3. The number of carbonyl (C=O) groups excluding carboxylic acids is 1. The summed E-state index contributed by atoms with van der Waals surface area (Å²) in [5.41, 5.74) is 2.45. The highest BCUT2D eigenvalue weighted by Crippen LogP contribution is 2.24. The van der Waals surface area contributed by atoms with Crippen LogP contribution in [0.5, 0.6) is 0 Å². The molecule has 0 bridgehead atoms. The zero-order chi connectivity index (χ0) is 17.4. The normalized spacial score (nSPS) is 18.4. The van der Waals surface area contributed by atoms with Gasteiger partial charge in [-0.25, -0.2) is 0 Å². The van der Waals surface area contributed by atoms with Gasteiger partial charge in [0, 0.05) is 13.1 Å². The van der Waals surface area contributed by atoms with Crippen LogP contribution in [0, 0.1) is 6.92 Å². The van der Waals surface area contributed by atoms with E-state index in [4.69, 9.17) is 4.74 Å². The number of carbonyl (C=O) groups is 1. The van der Waals surface area contributed by atoms with Crippen molar-refractivity contribution in [2.75, 3.05) is 39.9 Å². The number of ether oxygens (including phenoxy) is 2. The molecule has 0 spiro atoms. The van der Waals surface area contributed by atoms with Gasteiger partial charge in [-0.1, -0.05) is 24.3 Å². The number of hydrogen-bond acceptors (Lipinski definition) is 4. The van der Waals surface area contributed by atoms with E-state index in [0.717, 1.165) is 25.6 Å². The quantitative estimate of drug-likeness (QED) is 0.506. The fourth-order valence-corrected chi connectivity index (χ4v) is 2.76. The van der Waals surface area contributed by atoms with Crippen molar-refractivity contribution in [3.63, 3.8) is 0 Å². The predicted octanol–water partition coefficient (Wildman–Crippen LogP) is 1.90. The standard InChI is InChI=1S/C18H27N3O3/c1-4-19-18(20-10-9-17(22)23-3)21-11-12-24-16(13-21)15-8-6-5-7-14(15)2/h5-8,16H,4,9-13H2,1-3H3,(H,19,20). The Kier molecular flexibility index (Phi) is 7.06. The first-order valence-corrected chi connectivity index (χ1v) is 8.43. The lowest BCUT2D eigenvalue weighted by molar-refractivity contribution is -0.140. The Bertz CT molecular complexity index is 574. The first-order chi connectivity index (χ1) is 11.7. The summed E-state index contributed by atoms with van der Waals surface area (Å²) in [6.07, 6.45) is 0.321. The van der Waals surface area contributed by atoms with Crippen molar-refractivity contribution in [3.05, 3.63) is 35.4 Å². The van der Waals surface area contributed by atoms with Gasteiger partial charge in [-0.2, -0.15) is 0 Å². The molecule has 1 heterocycles. The van der Waals surface area contributed by atoms with Gasteiger partial charge in [0.2, 0.25) is 0 Å². The Hall–Kier alpha value is -2.08. The summed E-state index contributed by atoms with van der Waals surface area (Å²) >= 11 is 0. The Morgan fingerprint density at radius 2 is 2.25 bits per heavy atom. The number of rotatable bonds is 5. The van der Waals surface area contributed by atoms with Gasteiger partial charge < -0.3 is 19.7 Å². The van der Waals surface area contributed by atoms with Crippen LogP contribution < -0.4 is 5.32 Å². The molecule has 132 valence electrons. The fraction of sp³-hybridized carbons (Fsp3) is 0.556. The number of aryl methyl sites for hydroxylation is 1. The van der Waals surface area contributed by atoms with Crippen molar-refractivity contribution in [2.24, 2.45) is 4.99 Å². The monoisotopic (exact) mass is 333 g/mol. The third-order valence-corrected chi connectivity index (χ3v) is 4.04. The number of methoxy groups -OCH3 is 1. The highest BCUT2D eigenvalue weighted by atomic mass is 16.5. The molecule has 2 rings (SSSR count). The van der Waals surface area contributed by atoms with Crippen molar-refractivity contribution < 1.29 is 14.3 Å². The van der Waals surface area contributed by atoms with Crippen LogP contribution in [0.15, 0.2) is 29.3 Å². The lowest BCUT2D eigenvalue weighted by Gasteiger charge is -2.35. The maximum atomic E-state index is 11.3. The molecule has 0 aliphatic carbocycles. The summed E-state index contributed by atoms with van der Waals surface area (Å²) in [6, 6.07) is 8.30. The number of hydrogen-bond donors (Lipinski definition) is 1. The predicted molar refractivity (Wildman–Crippen MR) is 94.1 cm³/mol. The Morgan fingerprint density at radius 3 is 2.96 bits per heavy atom. The average Bonchev–Trinajstić information content (AvgIpc) is 2.61. The first-order valence-electron chi connectivity index (χ1n) is 8.43. The molecule has 6 heteroatoms. The lowest BCUT2D eigenvalue weighted by Crippen LogP contribution is -2.48. The van der Waals surface area contributed by atoms with E-state index < -0.39 is 0 Å². The van der Waals surface area contributed by atoms with Crippen LogP contribution in [0.1, 0.15) is 30.6 Å². The van der Waals surface area contributed by atoms with Crippen LogP contribution in [0.25, 0.3) is 0 Å². The molecule has 0 radical (unpaired) electrons. The van der Waals surface area contributed by atoms with E-state index in [2.05, 4.69) is 39.0 Å². The van der Waals surface area contributed by atoms with E-state index in [0.29, 0.717) is 13.2 Å². The molecule has 1 aliphatic heterocycles. The lowest BCUT2D eigenvalue weighted by atomic mass is 10.0. The van der Waals surface area contributed by atoms with Crippen LogP contribution in [0.4, 0.5) is 0 Å². The van der Waals surface area contributed by atoms with E-state index >= 15 is 0 Å². The zero-order valence-corrected chi connectivity index (χ0v) is 14.7. The molecule has 1 saturated heterocycles. The van der Waals surface area contributed by atoms with Gasteiger partial charge in [0.15, 0.2) is 5.96 Å². The molecule has 6 nitrogen and oxygen atoms in total. The molecule has 0 aromatic heterocycles. The molecule has 1 atom stereocenters. The van der Waals surface area contributed by atoms with Crippen LogP contribution in [-0.4, -0.2) is 56.7 Å². The molecular formula is C18H27N3O3. The maximum Gasteiger partial charge on any atom is 0.307 e. The topological polar surface area (TPSA) is 63.2 Å². The largest absolute Gasteiger partial charge is 0.469 e. The Morgan fingerprint density at radius 1 is 1.46 bits per heavy atom. The summed E-state index contributed by atoms with van der Waals surface area (Å²) in [6.45, 7) is 7.52. The summed E-state index contributed by atoms with van der Waals surface area (Å²) in [4.78, 5) is 18.0. The van der Waals surface area contributed by atoms with Crippen LogP contribution in [0.2, 0.25) is 0 Å². The van der Waals surface area contributed by atoms with E-state index in [1.807, 2.05) is 19.1 Å². The van der Waals surface area contributed by atoms with Crippen LogP contribution in [0.3, 0.4) is 0 Å². The number of guanidine groups is 1. The van der Waals surface area contributed by atoms with Crippen molar-refractivity contribution in [3.8, 4) is 0 Å². The smallest absolute Gasteiger partial charge is 0.307 e. The highest BCUT2D eigenvalue weighted by molar-refractivity contribution is 5.80. The minimum absolute atomic E-state index is 0.0319. The van der Waals surface area contributed by atoms with Crippen molar-refractivity contribution in [1.82, 2.24) is 10.2 Å². The number of nitrogens with one attached hydrogen (secondary N) is 1. The SMILES string of the molecule is CCNC(=NCCC(=O)OC)N1CCOC(c2ccccc2C)C1. The highest BCUT2D eigenvalue weighted by Gasteiger charge is 2.25. The van der Waals surface area contributed by atoms with Crippen LogP contribution in [-0.2, 0) is 14.3 Å². The molecule has 0 amide bonds. The molecule has 1 aliphatic rings. The Balaban J connectivity index is 2.05. The number of morpholine rings is 1. The minimum Gasteiger partial charge on any atom is -0.469 e.